The lowest BCUT2D eigenvalue weighted by molar-refractivity contribution is -0.115. The lowest BCUT2D eigenvalue weighted by Gasteiger charge is -2.04. The Balaban J connectivity index is 1.67. The molecule has 0 fully saturated rings. The van der Waals surface area contributed by atoms with Crippen LogP contribution in [0, 0.1) is 0 Å². The summed E-state index contributed by atoms with van der Waals surface area (Å²) in [6.07, 6.45) is 0.527. The van der Waals surface area contributed by atoms with Crippen molar-refractivity contribution in [3.05, 3.63) is 30.3 Å². The van der Waals surface area contributed by atoms with E-state index in [-0.39, 0.29) is 5.91 Å². The maximum absolute atomic E-state index is 11.6. The molecule has 0 aromatic heterocycles. The molecule has 90 valence electrons. The van der Waals surface area contributed by atoms with Gasteiger partial charge in [-0.25, -0.2) is 0 Å². The van der Waals surface area contributed by atoms with Crippen LogP contribution < -0.4 is 5.32 Å². The third-order valence-electron chi connectivity index (χ3n) is 2.17. The van der Waals surface area contributed by atoms with Gasteiger partial charge in [-0.05, 0) is 12.1 Å². The van der Waals surface area contributed by atoms with Crippen LogP contribution >= 0.6 is 23.5 Å². The van der Waals surface area contributed by atoms with Gasteiger partial charge in [0.1, 0.15) is 4.38 Å². The van der Waals surface area contributed by atoms with Gasteiger partial charge in [0.15, 0.2) is 0 Å². The Labute approximate surface area is 109 Å². The van der Waals surface area contributed by atoms with Crippen molar-refractivity contribution in [3.8, 4) is 0 Å². The quantitative estimate of drug-likeness (QED) is 0.911. The van der Waals surface area contributed by atoms with Crippen molar-refractivity contribution in [2.24, 2.45) is 4.99 Å². The third-order valence-corrected chi connectivity index (χ3v) is 4.42. The van der Waals surface area contributed by atoms with E-state index >= 15 is 0 Å². The number of aliphatic imine (C=N–C) groups is 1. The largest absolute Gasteiger partial charge is 0.326 e. The first kappa shape index (κ1) is 12.5. The van der Waals surface area contributed by atoms with E-state index in [4.69, 9.17) is 0 Å². The number of hydrogen-bond donors (Lipinski definition) is 1. The van der Waals surface area contributed by atoms with Crippen LogP contribution in [0.2, 0.25) is 0 Å². The van der Waals surface area contributed by atoms with Gasteiger partial charge in [0.25, 0.3) is 0 Å². The number of carbonyl (C=O) groups is 1. The first-order chi connectivity index (χ1) is 8.34. The van der Waals surface area contributed by atoms with Gasteiger partial charge in [0.05, 0.1) is 6.54 Å². The second kappa shape index (κ2) is 6.71. The molecule has 1 aliphatic rings. The fourth-order valence-electron chi connectivity index (χ4n) is 1.38. The van der Waals surface area contributed by atoms with Crippen molar-refractivity contribution in [2.75, 3.05) is 23.4 Å². The Hall–Kier alpha value is -0.940. The summed E-state index contributed by atoms with van der Waals surface area (Å²) < 4.78 is 1.12. The highest BCUT2D eigenvalue weighted by molar-refractivity contribution is 8.39. The van der Waals surface area contributed by atoms with Crippen molar-refractivity contribution < 1.29 is 4.79 Å². The van der Waals surface area contributed by atoms with Crippen molar-refractivity contribution in [2.45, 2.75) is 6.42 Å². The van der Waals surface area contributed by atoms with Gasteiger partial charge >= 0.3 is 0 Å². The van der Waals surface area contributed by atoms with Gasteiger partial charge in [-0.15, -0.1) is 0 Å². The number of hydrogen-bond acceptors (Lipinski definition) is 4. The molecule has 5 heteroatoms. The predicted molar refractivity (Wildman–Crippen MR) is 76.9 cm³/mol. The van der Waals surface area contributed by atoms with E-state index in [0.29, 0.717) is 6.42 Å². The van der Waals surface area contributed by atoms with E-state index in [2.05, 4.69) is 10.3 Å². The van der Waals surface area contributed by atoms with Crippen molar-refractivity contribution in [1.29, 1.82) is 0 Å². The molecule has 1 N–H and O–H groups in total. The fourth-order valence-corrected chi connectivity index (χ4v) is 3.40. The molecular weight excluding hydrogens is 252 g/mol. The molecule has 0 aliphatic carbocycles. The molecule has 1 amide bonds. The summed E-state index contributed by atoms with van der Waals surface area (Å²) >= 11 is 3.45. The van der Waals surface area contributed by atoms with Gasteiger partial charge in [0, 0.05) is 23.6 Å². The van der Waals surface area contributed by atoms with E-state index in [0.717, 1.165) is 28.1 Å². The van der Waals surface area contributed by atoms with Gasteiger partial charge in [-0.2, -0.15) is 0 Å². The molecule has 0 atom stereocenters. The molecule has 0 saturated carbocycles. The number of thioether (sulfide) groups is 2. The van der Waals surface area contributed by atoms with E-state index in [9.17, 15) is 4.79 Å². The molecule has 3 nitrogen and oxygen atoms in total. The summed E-state index contributed by atoms with van der Waals surface area (Å²) in [5.74, 6) is 1.94. The number of amides is 1. The van der Waals surface area contributed by atoms with Crippen molar-refractivity contribution in [3.63, 3.8) is 0 Å². The van der Waals surface area contributed by atoms with Crippen LogP contribution in [-0.2, 0) is 4.79 Å². The lowest BCUT2D eigenvalue weighted by atomic mass is 10.3. The minimum absolute atomic E-state index is 0.0623. The van der Waals surface area contributed by atoms with Crippen LogP contribution in [0.4, 0.5) is 5.69 Å². The highest BCUT2D eigenvalue weighted by Crippen LogP contribution is 2.22. The fraction of sp³-hybridized carbons (Fsp3) is 0.333. The third kappa shape index (κ3) is 4.44. The SMILES string of the molecule is O=C(CCSC1=NCCS1)Nc1ccccc1. The van der Waals surface area contributed by atoms with E-state index in [1.807, 2.05) is 30.3 Å². The smallest absolute Gasteiger partial charge is 0.225 e. The highest BCUT2D eigenvalue weighted by atomic mass is 32.2. The van der Waals surface area contributed by atoms with Crippen LogP contribution in [-0.4, -0.2) is 28.3 Å². The number of benzene rings is 1. The van der Waals surface area contributed by atoms with E-state index in [1.165, 1.54) is 0 Å². The Morgan fingerprint density at radius 2 is 2.24 bits per heavy atom. The molecule has 1 heterocycles. The number of rotatable bonds is 4. The summed E-state index contributed by atoms with van der Waals surface area (Å²) in [4.78, 5) is 15.9. The van der Waals surface area contributed by atoms with Crippen LogP contribution in [0.1, 0.15) is 6.42 Å². The maximum atomic E-state index is 11.6. The summed E-state index contributed by atoms with van der Waals surface area (Å²) in [5, 5.41) is 2.87. The Bertz CT molecular complexity index is 406. The maximum Gasteiger partial charge on any atom is 0.225 e. The monoisotopic (exact) mass is 266 g/mol. The molecule has 1 aromatic carbocycles. The molecule has 17 heavy (non-hydrogen) atoms. The van der Waals surface area contributed by atoms with Gasteiger partial charge in [0.2, 0.25) is 5.91 Å². The lowest BCUT2D eigenvalue weighted by Crippen LogP contribution is -2.12. The summed E-state index contributed by atoms with van der Waals surface area (Å²) in [6.45, 7) is 0.920. The molecule has 1 aromatic rings. The van der Waals surface area contributed by atoms with E-state index < -0.39 is 0 Å². The number of para-hydroxylation sites is 1. The minimum atomic E-state index is 0.0623. The second-order valence-electron chi connectivity index (χ2n) is 3.51. The van der Waals surface area contributed by atoms with Gasteiger partial charge in [-0.3, -0.25) is 9.79 Å². The zero-order valence-electron chi connectivity index (χ0n) is 9.39. The van der Waals surface area contributed by atoms with Gasteiger partial charge in [-0.1, -0.05) is 41.7 Å². The molecule has 0 bridgehead atoms. The first-order valence-corrected chi connectivity index (χ1v) is 7.46. The number of anilines is 1. The Kier molecular flexibility index (Phi) is 4.94. The second-order valence-corrected chi connectivity index (χ2v) is 5.93. The van der Waals surface area contributed by atoms with Crippen molar-refractivity contribution >= 4 is 39.5 Å². The normalized spacial score (nSPS) is 14.5. The summed E-state index contributed by atoms with van der Waals surface area (Å²) in [6, 6.07) is 9.54. The van der Waals surface area contributed by atoms with Crippen LogP contribution in [0.5, 0.6) is 0 Å². The standard InChI is InChI=1S/C12H14N2OS2/c15-11(14-10-4-2-1-3-5-10)6-8-16-12-13-7-9-17-12/h1-5H,6-9H2,(H,14,15). The molecule has 0 radical (unpaired) electrons. The summed E-state index contributed by atoms with van der Waals surface area (Å²) in [7, 11) is 0. The van der Waals surface area contributed by atoms with Gasteiger partial charge < -0.3 is 5.32 Å². The predicted octanol–water partition coefficient (Wildman–Crippen LogP) is 2.85. The first-order valence-electron chi connectivity index (χ1n) is 5.49. The number of nitrogens with zero attached hydrogens (tertiary/aromatic N) is 1. The van der Waals surface area contributed by atoms with Crippen LogP contribution in [0.3, 0.4) is 0 Å². The zero-order valence-corrected chi connectivity index (χ0v) is 11.0. The van der Waals surface area contributed by atoms with Crippen LogP contribution in [0.25, 0.3) is 0 Å². The summed E-state index contributed by atoms with van der Waals surface area (Å²) in [5.41, 5.74) is 0.857. The molecule has 0 unspecified atom stereocenters. The minimum Gasteiger partial charge on any atom is -0.326 e. The molecule has 0 spiro atoms. The van der Waals surface area contributed by atoms with Crippen LogP contribution in [0.15, 0.2) is 35.3 Å². The average molecular weight is 266 g/mol. The molecule has 1 aliphatic heterocycles. The number of carbonyl (C=O) groups excluding carboxylic acids is 1. The molecular formula is C12H14N2OS2. The number of nitrogens with one attached hydrogen (secondary N) is 1. The molecule has 2 rings (SSSR count). The average Bonchev–Trinajstić information content (AvgIpc) is 2.83. The Morgan fingerprint density at radius 1 is 1.41 bits per heavy atom. The molecule has 0 saturated heterocycles. The highest BCUT2D eigenvalue weighted by Gasteiger charge is 2.08. The Morgan fingerprint density at radius 3 is 2.94 bits per heavy atom. The van der Waals surface area contributed by atoms with E-state index in [1.54, 1.807) is 23.5 Å². The zero-order chi connectivity index (χ0) is 11.9. The van der Waals surface area contributed by atoms with Crippen molar-refractivity contribution in [1.82, 2.24) is 0 Å². The topological polar surface area (TPSA) is 41.5 Å².